The molecule has 0 bridgehead atoms. The molecule has 1 saturated heterocycles. The maximum Gasteiger partial charge on any atom is 0.490 e. The first-order valence-electron chi connectivity index (χ1n) is 5.42. The molecule has 86 valence electrons. The third kappa shape index (κ3) is 2.52. The molecule has 1 aliphatic heterocycles. The van der Waals surface area contributed by atoms with Gasteiger partial charge in [0, 0.05) is 24.7 Å². The first-order valence-corrected chi connectivity index (χ1v) is 5.42. The zero-order chi connectivity index (χ0) is 11.5. The summed E-state index contributed by atoms with van der Waals surface area (Å²) >= 11 is 0. The van der Waals surface area contributed by atoms with Gasteiger partial charge in [0.1, 0.15) is 5.82 Å². The summed E-state index contributed by atoms with van der Waals surface area (Å²) < 4.78 is 0. The predicted octanol–water partition coefficient (Wildman–Crippen LogP) is -1.28. The van der Waals surface area contributed by atoms with Gasteiger partial charge in [-0.1, -0.05) is 6.07 Å². The number of hydrogen-bond donors (Lipinski definition) is 3. The van der Waals surface area contributed by atoms with E-state index in [4.69, 9.17) is 10.0 Å². The van der Waals surface area contributed by atoms with Gasteiger partial charge in [0.2, 0.25) is 0 Å². The highest BCUT2D eigenvalue weighted by Gasteiger charge is 2.18. The van der Waals surface area contributed by atoms with Crippen molar-refractivity contribution in [2.24, 2.45) is 0 Å². The molecule has 6 heteroatoms. The second-order valence-electron chi connectivity index (χ2n) is 4.04. The molecule has 1 aromatic rings. The van der Waals surface area contributed by atoms with Gasteiger partial charge in [0.25, 0.3) is 0 Å². The molecule has 0 unspecified atom stereocenters. The van der Waals surface area contributed by atoms with Crippen molar-refractivity contribution >= 4 is 18.4 Å². The molecule has 1 fully saturated rings. The fraction of sp³-hybridized carbons (Fsp3) is 0.500. The summed E-state index contributed by atoms with van der Waals surface area (Å²) in [6.07, 6.45) is 2.78. The second-order valence-corrected chi connectivity index (χ2v) is 4.04. The minimum absolute atomic E-state index is 0.199. The van der Waals surface area contributed by atoms with Crippen molar-refractivity contribution in [3.05, 3.63) is 18.3 Å². The minimum Gasteiger partial charge on any atom is -0.423 e. The van der Waals surface area contributed by atoms with Crippen LogP contribution in [-0.2, 0) is 0 Å². The lowest BCUT2D eigenvalue weighted by molar-refractivity contribution is 0.145. The highest BCUT2D eigenvalue weighted by Crippen LogP contribution is 2.16. The number of hydrogen-bond acceptors (Lipinski definition) is 5. The Morgan fingerprint density at radius 1 is 1.25 bits per heavy atom. The van der Waals surface area contributed by atoms with Crippen molar-refractivity contribution in [3.8, 4) is 0 Å². The number of aliphatic hydroxyl groups excluding tert-OH is 1. The largest absolute Gasteiger partial charge is 0.490 e. The highest BCUT2D eigenvalue weighted by atomic mass is 16.4. The summed E-state index contributed by atoms with van der Waals surface area (Å²) in [5.74, 6) is 0.816. The van der Waals surface area contributed by atoms with Gasteiger partial charge in [-0.05, 0) is 18.9 Å². The van der Waals surface area contributed by atoms with E-state index in [-0.39, 0.29) is 6.10 Å². The Morgan fingerprint density at radius 3 is 2.44 bits per heavy atom. The van der Waals surface area contributed by atoms with E-state index in [9.17, 15) is 5.11 Å². The molecular weight excluding hydrogens is 207 g/mol. The molecule has 5 nitrogen and oxygen atoms in total. The number of aliphatic hydroxyl groups is 1. The predicted molar refractivity (Wildman–Crippen MR) is 61.5 cm³/mol. The zero-order valence-corrected chi connectivity index (χ0v) is 8.95. The molecule has 0 atom stereocenters. The molecule has 16 heavy (non-hydrogen) atoms. The van der Waals surface area contributed by atoms with Crippen LogP contribution in [0.25, 0.3) is 0 Å². The molecule has 2 heterocycles. The Kier molecular flexibility index (Phi) is 3.43. The van der Waals surface area contributed by atoms with Crippen LogP contribution in [0.3, 0.4) is 0 Å². The number of nitrogens with zero attached hydrogens (tertiary/aromatic N) is 2. The van der Waals surface area contributed by atoms with E-state index in [1.807, 2.05) is 0 Å². The zero-order valence-electron chi connectivity index (χ0n) is 8.95. The summed E-state index contributed by atoms with van der Waals surface area (Å²) in [4.78, 5) is 6.26. The van der Waals surface area contributed by atoms with Crippen molar-refractivity contribution in [1.82, 2.24) is 4.98 Å². The fourth-order valence-electron chi connectivity index (χ4n) is 1.83. The molecule has 2 rings (SSSR count). The smallest absolute Gasteiger partial charge is 0.423 e. The Balaban J connectivity index is 2.04. The number of anilines is 1. The lowest BCUT2D eigenvalue weighted by Gasteiger charge is -2.30. The molecule has 0 aromatic carbocycles. The summed E-state index contributed by atoms with van der Waals surface area (Å²) in [6, 6.07) is 3.42. The average Bonchev–Trinajstić information content (AvgIpc) is 2.30. The Morgan fingerprint density at radius 2 is 1.94 bits per heavy atom. The quantitative estimate of drug-likeness (QED) is 0.543. The maximum atomic E-state index is 9.38. The van der Waals surface area contributed by atoms with Gasteiger partial charge in [-0.25, -0.2) is 4.98 Å². The molecular formula is C10H15BN2O3. The summed E-state index contributed by atoms with van der Waals surface area (Å²) in [7, 11) is -1.47. The van der Waals surface area contributed by atoms with Gasteiger partial charge in [-0.2, -0.15) is 0 Å². The number of pyridine rings is 1. The van der Waals surface area contributed by atoms with Crippen LogP contribution in [0.1, 0.15) is 12.8 Å². The minimum atomic E-state index is -1.47. The highest BCUT2D eigenvalue weighted by molar-refractivity contribution is 6.58. The van der Waals surface area contributed by atoms with E-state index < -0.39 is 7.12 Å². The van der Waals surface area contributed by atoms with Crippen LogP contribution in [0.2, 0.25) is 0 Å². The standard InChI is InChI=1S/C10H15BN2O3/c14-9-3-5-13(6-4-9)10-2-1-8(7-12-10)11(15)16/h1-2,7,9,14-16H,3-6H2. The summed E-state index contributed by atoms with van der Waals surface area (Å²) in [5.41, 5.74) is 0.390. The van der Waals surface area contributed by atoms with E-state index in [0.29, 0.717) is 5.46 Å². The van der Waals surface area contributed by atoms with E-state index in [1.165, 1.54) is 6.20 Å². The van der Waals surface area contributed by atoms with E-state index in [2.05, 4.69) is 9.88 Å². The van der Waals surface area contributed by atoms with Crippen molar-refractivity contribution < 1.29 is 15.2 Å². The Hall–Kier alpha value is -1.11. The maximum absolute atomic E-state index is 9.38. The monoisotopic (exact) mass is 222 g/mol. The number of piperidine rings is 1. The molecule has 0 spiro atoms. The fourth-order valence-corrected chi connectivity index (χ4v) is 1.83. The number of rotatable bonds is 2. The third-order valence-corrected chi connectivity index (χ3v) is 2.86. The molecule has 1 aromatic heterocycles. The normalized spacial score (nSPS) is 17.6. The van der Waals surface area contributed by atoms with Crippen LogP contribution in [-0.4, -0.2) is 46.5 Å². The average molecular weight is 222 g/mol. The third-order valence-electron chi connectivity index (χ3n) is 2.86. The Labute approximate surface area is 94.5 Å². The lowest BCUT2D eigenvalue weighted by Crippen LogP contribution is -2.37. The molecule has 0 amide bonds. The lowest BCUT2D eigenvalue weighted by atomic mass is 9.82. The van der Waals surface area contributed by atoms with E-state index in [1.54, 1.807) is 12.1 Å². The van der Waals surface area contributed by atoms with Gasteiger partial charge >= 0.3 is 7.12 Å². The molecule has 0 aliphatic carbocycles. The van der Waals surface area contributed by atoms with Gasteiger partial charge in [0.15, 0.2) is 0 Å². The van der Waals surface area contributed by atoms with Crippen molar-refractivity contribution in [3.63, 3.8) is 0 Å². The van der Waals surface area contributed by atoms with Crippen LogP contribution in [0, 0.1) is 0 Å². The topological polar surface area (TPSA) is 76.8 Å². The van der Waals surface area contributed by atoms with Crippen molar-refractivity contribution in [2.75, 3.05) is 18.0 Å². The summed E-state index contributed by atoms with van der Waals surface area (Å²) in [5, 5.41) is 27.2. The van der Waals surface area contributed by atoms with Gasteiger partial charge in [-0.3, -0.25) is 0 Å². The molecule has 1 aliphatic rings. The SMILES string of the molecule is OB(O)c1ccc(N2CCC(O)CC2)nc1. The van der Waals surface area contributed by atoms with Gasteiger partial charge in [0.05, 0.1) is 6.10 Å². The second kappa shape index (κ2) is 4.82. The van der Waals surface area contributed by atoms with Crippen molar-refractivity contribution in [2.45, 2.75) is 18.9 Å². The first kappa shape index (κ1) is 11.4. The Bertz CT molecular complexity index is 336. The van der Waals surface area contributed by atoms with Crippen LogP contribution < -0.4 is 10.4 Å². The van der Waals surface area contributed by atoms with E-state index >= 15 is 0 Å². The first-order chi connectivity index (χ1) is 7.66. The van der Waals surface area contributed by atoms with E-state index in [0.717, 1.165) is 31.7 Å². The molecule has 3 N–H and O–H groups in total. The van der Waals surface area contributed by atoms with Crippen LogP contribution in [0.15, 0.2) is 18.3 Å². The van der Waals surface area contributed by atoms with Gasteiger partial charge in [-0.15, -0.1) is 0 Å². The number of aromatic nitrogens is 1. The van der Waals surface area contributed by atoms with Crippen LogP contribution in [0.5, 0.6) is 0 Å². The molecule has 0 radical (unpaired) electrons. The van der Waals surface area contributed by atoms with Crippen molar-refractivity contribution in [1.29, 1.82) is 0 Å². The van der Waals surface area contributed by atoms with Gasteiger partial charge < -0.3 is 20.1 Å². The molecule has 0 saturated carbocycles. The summed E-state index contributed by atoms with van der Waals surface area (Å²) in [6.45, 7) is 1.57. The van der Waals surface area contributed by atoms with Crippen LogP contribution >= 0.6 is 0 Å². The van der Waals surface area contributed by atoms with Crippen LogP contribution in [0.4, 0.5) is 5.82 Å².